The molecular formula is C11H11N5O2. The first kappa shape index (κ1) is 10.6. The number of fused-ring (bicyclic) bond motifs is 1. The number of imidazole rings is 1. The highest BCUT2D eigenvalue weighted by Crippen LogP contribution is 2.19. The Morgan fingerprint density at radius 2 is 2.22 bits per heavy atom. The van der Waals surface area contributed by atoms with E-state index in [1.165, 1.54) is 4.90 Å². The molecular weight excluding hydrogens is 234 g/mol. The molecule has 92 valence electrons. The van der Waals surface area contributed by atoms with Crippen molar-refractivity contribution in [1.29, 1.82) is 0 Å². The van der Waals surface area contributed by atoms with Gasteiger partial charge in [-0.25, -0.2) is 9.78 Å². The van der Waals surface area contributed by atoms with Crippen LogP contribution in [0.3, 0.4) is 0 Å². The molecule has 0 aromatic carbocycles. The summed E-state index contributed by atoms with van der Waals surface area (Å²) in [6.45, 7) is 0.328. The van der Waals surface area contributed by atoms with Crippen molar-refractivity contribution in [3.8, 4) is 0 Å². The Labute approximate surface area is 102 Å². The van der Waals surface area contributed by atoms with Crippen LogP contribution >= 0.6 is 0 Å². The van der Waals surface area contributed by atoms with Crippen molar-refractivity contribution < 1.29 is 9.59 Å². The number of imide groups is 1. The molecule has 1 aliphatic heterocycles. The maximum absolute atomic E-state index is 11.7. The van der Waals surface area contributed by atoms with E-state index in [1.807, 2.05) is 0 Å². The van der Waals surface area contributed by atoms with Crippen LogP contribution in [-0.4, -0.2) is 27.9 Å². The third-order valence-corrected chi connectivity index (χ3v) is 2.83. The number of pyridine rings is 1. The van der Waals surface area contributed by atoms with Crippen LogP contribution in [0.25, 0.3) is 5.52 Å². The number of hydrogen-bond donors (Lipinski definition) is 2. The number of carbonyl (C=O) groups is 2. The summed E-state index contributed by atoms with van der Waals surface area (Å²) in [7, 11) is 0. The van der Waals surface area contributed by atoms with Gasteiger partial charge in [-0.3, -0.25) is 19.4 Å². The predicted octanol–water partition coefficient (Wildman–Crippen LogP) is 0.363. The molecule has 3 rings (SSSR count). The van der Waals surface area contributed by atoms with Gasteiger partial charge < -0.3 is 5.73 Å². The van der Waals surface area contributed by atoms with Gasteiger partial charge in [0.05, 0.1) is 11.7 Å². The van der Waals surface area contributed by atoms with Crippen LogP contribution in [0.15, 0.2) is 24.5 Å². The first-order valence-corrected chi connectivity index (χ1v) is 5.49. The molecule has 2 aromatic heterocycles. The Kier molecular flexibility index (Phi) is 2.19. The number of nitrogens with one attached hydrogen (secondary N) is 1. The molecule has 1 saturated heterocycles. The molecule has 0 saturated carbocycles. The number of rotatable bonds is 1. The first-order chi connectivity index (χ1) is 8.65. The number of nitrogens with zero attached hydrogens (tertiary/aromatic N) is 3. The van der Waals surface area contributed by atoms with E-state index in [9.17, 15) is 9.59 Å². The highest BCUT2D eigenvalue weighted by Gasteiger charge is 2.26. The Bertz CT molecular complexity index is 648. The molecule has 18 heavy (non-hydrogen) atoms. The van der Waals surface area contributed by atoms with E-state index in [2.05, 4.69) is 10.3 Å². The molecule has 3 amide bonds. The van der Waals surface area contributed by atoms with Crippen LogP contribution in [0.2, 0.25) is 0 Å². The molecule has 1 aliphatic rings. The van der Waals surface area contributed by atoms with Gasteiger partial charge in [-0.1, -0.05) is 0 Å². The van der Waals surface area contributed by atoms with Crippen LogP contribution in [0.1, 0.15) is 6.42 Å². The summed E-state index contributed by atoms with van der Waals surface area (Å²) < 4.78 is 1.76. The molecule has 3 N–H and O–H groups in total. The molecule has 7 heteroatoms. The Morgan fingerprint density at radius 1 is 1.39 bits per heavy atom. The lowest BCUT2D eigenvalue weighted by Crippen LogP contribution is -2.50. The molecule has 0 atom stereocenters. The van der Waals surface area contributed by atoms with Gasteiger partial charge in [-0.05, 0) is 12.1 Å². The topological polar surface area (TPSA) is 92.7 Å². The van der Waals surface area contributed by atoms with Crippen molar-refractivity contribution in [2.45, 2.75) is 6.42 Å². The van der Waals surface area contributed by atoms with Crippen LogP contribution < -0.4 is 16.0 Å². The van der Waals surface area contributed by atoms with E-state index in [4.69, 9.17) is 5.73 Å². The molecule has 0 unspecified atom stereocenters. The third kappa shape index (κ3) is 1.56. The van der Waals surface area contributed by atoms with Crippen LogP contribution in [-0.2, 0) is 4.79 Å². The first-order valence-electron chi connectivity index (χ1n) is 5.49. The van der Waals surface area contributed by atoms with Crippen LogP contribution in [0, 0.1) is 0 Å². The SMILES string of the molecule is Nc1ccn2c(N3CCC(=O)NC3=O)ncc2c1. The van der Waals surface area contributed by atoms with Crippen LogP contribution in [0.5, 0.6) is 0 Å². The monoisotopic (exact) mass is 245 g/mol. The van der Waals surface area contributed by atoms with Crippen LogP contribution in [0.4, 0.5) is 16.4 Å². The summed E-state index contributed by atoms with van der Waals surface area (Å²) in [4.78, 5) is 28.5. The number of urea groups is 1. The normalized spacial score (nSPS) is 16.1. The number of nitrogen functional groups attached to an aromatic ring is 1. The summed E-state index contributed by atoms with van der Waals surface area (Å²) in [6.07, 6.45) is 3.65. The second-order valence-corrected chi connectivity index (χ2v) is 4.07. The standard InChI is InChI=1S/C11H11N5O2/c12-7-1-3-15-8(5-7)6-13-10(15)16-4-2-9(17)14-11(16)18/h1,3,5-6H,2,4,12H2,(H,14,17,18). The fourth-order valence-corrected chi connectivity index (χ4v) is 1.96. The van der Waals surface area contributed by atoms with Crippen molar-refractivity contribution in [2.75, 3.05) is 17.2 Å². The van der Waals surface area contributed by atoms with E-state index in [0.717, 1.165) is 5.52 Å². The summed E-state index contributed by atoms with van der Waals surface area (Å²) in [5.41, 5.74) is 7.11. The molecule has 0 spiro atoms. The fraction of sp³-hybridized carbons (Fsp3) is 0.182. The van der Waals surface area contributed by atoms with E-state index < -0.39 is 6.03 Å². The number of hydrogen-bond acceptors (Lipinski definition) is 4. The third-order valence-electron chi connectivity index (χ3n) is 2.83. The Hall–Kier alpha value is -2.57. The lowest BCUT2D eigenvalue weighted by Gasteiger charge is -2.24. The molecule has 2 aromatic rings. The van der Waals surface area contributed by atoms with E-state index in [0.29, 0.717) is 18.2 Å². The van der Waals surface area contributed by atoms with Crippen molar-refractivity contribution in [3.63, 3.8) is 0 Å². The average molecular weight is 245 g/mol. The quantitative estimate of drug-likeness (QED) is 0.758. The zero-order valence-electron chi connectivity index (χ0n) is 9.46. The van der Waals surface area contributed by atoms with E-state index in [1.54, 1.807) is 28.9 Å². The minimum atomic E-state index is -0.449. The Morgan fingerprint density at radius 3 is 3.00 bits per heavy atom. The van der Waals surface area contributed by atoms with E-state index >= 15 is 0 Å². The largest absolute Gasteiger partial charge is 0.399 e. The summed E-state index contributed by atoms with van der Waals surface area (Å²) in [6, 6.07) is 3.05. The fourth-order valence-electron chi connectivity index (χ4n) is 1.96. The molecule has 0 radical (unpaired) electrons. The maximum atomic E-state index is 11.7. The zero-order valence-corrected chi connectivity index (χ0v) is 9.46. The minimum absolute atomic E-state index is 0.263. The van der Waals surface area contributed by atoms with Crippen molar-refractivity contribution in [1.82, 2.24) is 14.7 Å². The van der Waals surface area contributed by atoms with Gasteiger partial charge in [-0.15, -0.1) is 0 Å². The van der Waals surface area contributed by atoms with E-state index in [-0.39, 0.29) is 12.3 Å². The van der Waals surface area contributed by atoms with Gasteiger partial charge in [0.15, 0.2) is 0 Å². The highest BCUT2D eigenvalue weighted by molar-refractivity contribution is 6.04. The minimum Gasteiger partial charge on any atom is -0.399 e. The number of nitrogens with two attached hydrogens (primary N) is 1. The van der Waals surface area contributed by atoms with Gasteiger partial charge in [0.25, 0.3) is 0 Å². The van der Waals surface area contributed by atoms with Gasteiger partial charge in [0.1, 0.15) is 0 Å². The second-order valence-electron chi connectivity index (χ2n) is 4.07. The van der Waals surface area contributed by atoms with Crippen molar-refractivity contribution in [2.24, 2.45) is 0 Å². The summed E-state index contributed by atoms with van der Waals surface area (Å²) in [5, 5.41) is 2.26. The second kappa shape index (κ2) is 3.73. The van der Waals surface area contributed by atoms with Gasteiger partial charge in [0.2, 0.25) is 11.9 Å². The lowest BCUT2D eigenvalue weighted by atomic mass is 10.3. The Balaban J connectivity index is 2.04. The average Bonchev–Trinajstić information content (AvgIpc) is 2.72. The van der Waals surface area contributed by atoms with Crippen molar-refractivity contribution in [3.05, 3.63) is 24.5 Å². The van der Waals surface area contributed by atoms with Gasteiger partial charge >= 0.3 is 6.03 Å². The number of aromatic nitrogens is 2. The highest BCUT2D eigenvalue weighted by atomic mass is 16.2. The smallest absolute Gasteiger partial charge is 0.330 e. The predicted molar refractivity (Wildman–Crippen MR) is 65.1 cm³/mol. The van der Waals surface area contributed by atoms with Gasteiger partial charge in [0, 0.05) is 24.8 Å². The number of carbonyl (C=O) groups excluding carboxylic acids is 2. The van der Waals surface area contributed by atoms with Gasteiger partial charge in [-0.2, -0.15) is 0 Å². The summed E-state index contributed by atoms with van der Waals surface area (Å²) in [5.74, 6) is 0.219. The molecule has 1 fully saturated rings. The number of amides is 3. The number of anilines is 2. The molecule has 0 bridgehead atoms. The zero-order chi connectivity index (χ0) is 12.7. The molecule has 0 aliphatic carbocycles. The molecule has 3 heterocycles. The van der Waals surface area contributed by atoms with Crippen molar-refractivity contribution >= 4 is 29.1 Å². The summed E-state index contributed by atoms with van der Waals surface area (Å²) >= 11 is 0. The maximum Gasteiger partial charge on any atom is 0.330 e. The lowest BCUT2D eigenvalue weighted by molar-refractivity contribution is -0.120. The molecule has 7 nitrogen and oxygen atoms in total.